The van der Waals surface area contributed by atoms with Crippen LogP contribution < -0.4 is 11.1 Å². The van der Waals surface area contributed by atoms with Crippen LogP contribution in [0.1, 0.15) is 39.5 Å². The van der Waals surface area contributed by atoms with Gasteiger partial charge in [0.1, 0.15) is 0 Å². The van der Waals surface area contributed by atoms with Crippen LogP contribution in [0.15, 0.2) is 0 Å². The lowest BCUT2D eigenvalue weighted by Gasteiger charge is -2.17. The van der Waals surface area contributed by atoms with Crippen LogP contribution in [-0.2, 0) is 9.59 Å². The van der Waals surface area contributed by atoms with E-state index in [9.17, 15) is 9.59 Å². The topological polar surface area (TPSA) is 92.4 Å². The minimum atomic E-state index is -0.801. The zero-order valence-electron chi connectivity index (χ0n) is 9.38. The third-order valence-corrected chi connectivity index (χ3v) is 1.76. The summed E-state index contributed by atoms with van der Waals surface area (Å²) in [5.41, 5.74) is 5.17. The molecule has 0 unspecified atom stereocenters. The minimum absolute atomic E-state index is 0.0853. The van der Waals surface area contributed by atoms with Crippen molar-refractivity contribution in [2.24, 2.45) is 5.73 Å². The fourth-order valence-electron chi connectivity index (χ4n) is 1.11. The molecule has 0 aromatic carbocycles. The average molecular weight is 216 g/mol. The van der Waals surface area contributed by atoms with Gasteiger partial charge in [0.05, 0.1) is 0 Å². The lowest BCUT2D eigenvalue weighted by atomic mass is 10.0. The molecule has 0 spiro atoms. The monoisotopic (exact) mass is 216 g/mol. The molecule has 0 aliphatic rings. The van der Waals surface area contributed by atoms with Gasteiger partial charge in [-0.2, -0.15) is 0 Å². The molecule has 0 aromatic heterocycles. The van der Waals surface area contributed by atoms with E-state index < -0.39 is 11.5 Å². The Hall–Kier alpha value is -1.10. The number of unbranched alkanes of at least 4 members (excludes halogenated alkanes) is 1. The number of carboxylic acid groups (broad SMARTS) is 1. The molecule has 88 valence electrons. The first-order valence-corrected chi connectivity index (χ1v) is 5.08. The molecule has 0 rings (SSSR count). The minimum Gasteiger partial charge on any atom is -0.481 e. The maximum atomic E-state index is 11.2. The summed E-state index contributed by atoms with van der Waals surface area (Å²) in [5.74, 6) is -0.887. The molecule has 0 heterocycles. The smallest absolute Gasteiger partial charge is 0.303 e. The first-order chi connectivity index (χ1) is 6.81. The Morgan fingerprint density at radius 1 is 1.33 bits per heavy atom. The molecule has 4 N–H and O–H groups in total. The molecule has 5 nitrogen and oxygen atoms in total. The largest absolute Gasteiger partial charge is 0.481 e. The van der Waals surface area contributed by atoms with Gasteiger partial charge in [-0.1, -0.05) is 0 Å². The maximum Gasteiger partial charge on any atom is 0.303 e. The summed E-state index contributed by atoms with van der Waals surface area (Å²) in [4.78, 5) is 21.4. The van der Waals surface area contributed by atoms with E-state index in [1.54, 1.807) is 13.8 Å². The van der Waals surface area contributed by atoms with Gasteiger partial charge in [-0.15, -0.1) is 0 Å². The van der Waals surface area contributed by atoms with Crippen molar-refractivity contribution in [1.82, 2.24) is 5.32 Å². The van der Waals surface area contributed by atoms with E-state index in [0.717, 1.165) is 0 Å². The highest BCUT2D eigenvalue weighted by Crippen LogP contribution is 2.02. The molecule has 0 aliphatic carbocycles. The number of carbonyl (C=O) groups excluding carboxylic acids is 1. The number of rotatable bonds is 7. The van der Waals surface area contributed by atoms with Gasteiger partial charge < -0.3 is 16.2 Å². The number of hydrogen-bond donors (Lipinski definition) is 3. The van der Waals surface area contributed by atoms with Crippen LogP contribution in [0.25, 0.3) is 0 Å². The van der Waals surface area contributed by atoms with Crippen molar-refractivity contribution >= 4 is 11.9 Å². The first kappa shape index (κ1) is 13.9. The Kier molecular flexibility index (Phi) is 5.93. The standard InChI is InChI=1S/C10H20N2O3/c1-10(2,11)7-8(13)12-6-4-3-5-9(14)15/h3-7,11H2,1-2H3,(H,12,13)(H,14,15). The van der Waals surface area contributed by atoms with Crippen LogP contribution >= 0.6 is 0 Å². The molecular formula is C10H20N2O3. The molecule has 5 heteroatoms. The zero-order valence-corrected chi connectivity index (χ0v) is 9.38. The van der Waals surface area contributed by atoms with Gasteiger partial charge in [-0.25, -0.2) is 0 Å². The van der Waals surface area contributed by atoms with E-state index in [4.69, 9.17) is 10.8 Å². The lowest BCUT2D eigenvalue weighted by Crippen LogP contribution is -2.39. The van der Waals surface area contributed by atoms with Crippen molar-refractivity contribution in [2.75, 3.05) is 6.54 Å². The van der Waals surface area contributed by atoms with Crippen LogP contribution in [0.4, 0.5) is 0 Å². The number of carboxylic acids is 1. The Bertz CT molecular complexity index is 221. The highest BCUT2D eigenvalue weighted by atomic mass is 16.4. The maximum absolute atomic E-state index is 11.2. The molecule has 0 aromatic rings. The van der Waals surface area contributed by atoms with Gasteiger partial charge >= 0.3 is 5.97 Å². The van der Waals surface area contributed by atoms with Crippen molar-refractivity contribution in [2.45, 2.75) is 45.1 Å². The summed E-state index contributed by atoms with van der Waals surface area (Å²) in [5, 5.41) is 11.1. The number of carbonyl (C=O) groups is 2. The van der Waals surface area contributed by atoms with Crippen molar-refractivity contribution < 1.29 is 14.7 Å². The summed E-state index contributed by atoms with van der Waals surface area (Å²) < 4.78 is 0. The summed E-state index contributed by atoms with van der Waals surface area (Å²) >= 11 is 0. The molecule has 0 aliphatic heterocycles. The summed E-state index contributed by atoms with van der Waals surface area (Å²) in [7, 11) is 0. The van der Waals surface area contributed by atoms with E-state index in [1.807, 2.05) is 0 Å². The van der Waals surface area contributed by atoms with E-state index in [2.05, 4.69) is 5.32 Å². The van der Waals surface area contributed by atoms with Gasteiger partial charge in [-0.3, -0.25) is 9.59 Å². The van der Waals surface area contributed by atoms with Crippen LogP contribution in [-0.4, -0.2) is 29.1 Å². The molecular weight excluding hydrogens is 196 g/mol. The van der Waals surface area contributed by atoms with E-state index in [0.29, 0.717) is 19.4 Å². The SMILES string of the molecule is CC(C)(N)CC(=O)NCCCCC(=O)O. The number of nitrogens with two attached hydrogens (primary N) is 1. The Morgan fingerprint density at radius 3 is 2.40 bits per heavy atom. The van der Waals surface area contributed by atoms with Crippen molar-refractivity contribution in [1.29, 1.82) is 0 Å². The fourth-order valence-corrected chi connectivity index (χ4v) is 1.11. The Labute approximate surface area is 90.0 Å². The molecule has 0 saturated heterocycles. The molecule has 0 fully saturated rings. The highest BCUT2D eigenvalue weighted by molar-refractivity contribution is 5.77. The summed E-state index contributed by atoms with van der Waals surface area (Å²) in [6, 6.07) is 0. The Morgan fingerprint density at radius 2 is 1.93 bits per heavy atom. The van der Waals surface area contributed by atoms with Crippen molar-refractivity contribution in [3.63, 3.8) is 0 Å². The quantitative estimate of drug-likeness (QED) is 0.540. The van der Waals surface area contributed by atoms with Crippen LogP contribution in [0, 0.1) is 0 Å². The number of amides is 1. The molecule has 0 radical (unpaired) electrons. The van der Waals surface area contributed by atoms with Crippen LogP contribution in [0.5, 0.6) is 0 Å². The zero-order chi connectivity index (χ0) is 11.9. The van der Waals surface area contributed by atoms with Crippen LogP contribution in [0.2, 0.25) is 0 Å². The predicted octanol–water partition coefficient (Wildman–Crippen LogP) is 0.485. The second-order valence-electron chi connectivity index (χ2n) is 4.37. The van der Waals surface area contributed by atoms with Gasteiger partial charge in [0.25, 0.3) is 0 Å². The van der Waals surface area contributed by atoms with Crippen molar-refractivity contribution in [3.05, 3.63) is 0 Å². The Balaban J connectivity index is 3.44. The predicted molar refractivity (Wildman–Crippen MR) is 57.4 cm³/mol. The van der Waals surface area contributed by atoms with E-state index >= 15 is 0 Å². The van der Waals surface area contributed by atoms with Gasteiger partial charge in [0.2, 0.25) is 5.91 Å². The normalized spacial score (nSPS) is 11.1. The summed E-state index contributed by atoms with van der Waals surface area (Å²) in [6.45, 7) is 4.09. The van der Waals surface area contributed by atoms with Crippen molar-refractivity contribution in [3.8, 4) is 0 Å². The molecule has 1 amide bonds. The number of nitrogens with one attached hydrogen (secondary N) is 1. The van der Waals surface area contributed by atoms with E-state index in [-0.39, 0.29) is 18.7 Å². The average Bonchev–Trinajstić information content (AvgIpc) is 1.99. The molecule has 0 atom stereocenters. The van der Waals surface area contributed by atoms with Gasteiger partial charge in [0, 0.05) is 24.9 Å². The third-order valence-electron chi connectivity index (χ3n) is 1.76. The molecule has 0 bridgehead atoms. The molecule has 0 saturated carbocycles. The lowest BCUT2D eigenvalue weighted by molar-refractivity contribution is -0.137. The van der Waals surface area contributed by atoms with Gasteiger partial charge in [0.15, 0.2) is 0 Å². The first-order valence-electron chi connectivity index (χ1n) is 5.08. The molecule has 15 heavy (non-hydrogen) atoms. The van der Waals surface area contributed by atoms with Crippen LogP contribution in [0.3, 0.4) is 0 Å². The number of aliphatic carboxylic acids is 1. The fraction of sp³-hybridized carbons (Fsp3) is 0.800. The second-order valence-corrected chi connectivity index (χ2v) is 4.37. The third kappa shape index (κ3) is 10.8. The second kappa shape index (κ2) is 6.40. The van der Waals surface area contributed by atoms with E-state index in [1.165, 1.54) is 0 Å². The number of hydrogen-bond acceptors (Lipinski definition) is 3. The summed E-state index contributed by atoms with van der Waals surface area (Å²) in [6.07, 6.45) is 1.70. The van der Waals surface area contributed by atoms with Gasteiger partial charge in [-0.05, 0) is 26.7 Å². The highest BCUT2D eigenvalue weighted by Gasteiger charge is 2.15.